The van der Waals surface area contributed by atoms with Gasteiger partial charge in [0.2, 0.25) is 0 Å². The highest BCUT2D eigenvalue weighted by molar-refractivity contribution is 5.40. The van der Waals surface area contributed by atoms with E-state index in [1.54, 1.807) is 0 Å². The van der Waals surface area contributed by atoms with Gasteiger partial charge in [0.1, 0.15) is 0 Å². The van der Waals surface area contributed by atoms with Crippen LogP contribution in [0, 0.1) is 13.8 Å². The van der Waals surface area contributed by atoms with Gasteiger partial charge in [-0.3, -0.25) is 0 Å². The zero-order valence-corrected chi connectivity index (χ0v) is 12.4. The second-order valence-corrected chi connectivity index (χ2v) is 5.17. The normalized spacial score (nSPS) is 10.9. The van der Waals surface area contributed by atoms with Crippen molar-refractivity contribution < 1.29 is 5.11 Å². The molecule has 0 aliphatic rings. The van der Waals surface area contributed by atoms with Crippen molar-refractivity contribution in [2.45, 2.75) is 33.2 Å². The molecule has 3 heteroatoms. The van der Waals surface area contributed by atoms with Crippen molar-refractivity contribution in [1.29, 1.82) is 0 Å². The standard InChI is InChI=1S/C17H24N2O/c1-14-12-16(13-18-10-6-7-11-20)15(2)19(14)17-8-4-3-5-9-17/h3-5,8-9,12,18,20H,6-7,10-11,13H2,1-2H3. The molecule has 0 saturated heterocycles. The molecular weight excluding hydrogens is 248 g/mol. The average Bonchev–Trinajstić information content (AvgIpc) is 2.74. The first kappa shape index (κ1) is 14.8. The fraction of sp³-hybridized carbons (Fsp3) is 0.412. The molecule has 0 spiro atoms. The van der Waals surface area contributed by atoms with Crippen molar-refractivity contribution >= 4 is 0 Å². The Labute approximate surface area is 121 Å². The first-order valence-corrected chi connectivity index (χ1v) is 7.29. The van der Waals surface area contributed by atoms with E-state index in [1.165, 1.54) is 22.6 Å². The maximum Gasteiger partial charge on any atom is 0.0455 e. The third kappa shape index (κ3) is 3.50. The fourth-order valence-corrected chi connectivity index (χ4v) is 2.57. The van der Waals surface area contributed by atoms with Crippen molar-refractivity contribution in [3.63, 3.8) is 0 Å². The van der Waals surface area contributed by atoms with E-state index in [2.05, 4.69) is 54.1 Å². The number of para-hydroxylation sites is 1. The highest BCUT2D eigenvalue weighted by Gasteiger charge is 2.09. The molecular formula is C17H24N2O. The van der Waals surface area contributed by atoms with Gasteiger partial charge < -0.3 is 15.0 Å². The summed E-state index contributed by atoms with van der Waals surface area (Å²) in [4.78, 5) is 0. The Hall–Kier alpha value is -1.58. The maximum atomic E-state index is 8.76. The highest BCUT2D eigenvalue weighted by Crippen LogP contribution is 2.20. The molecule has 0 fully saturated rings. The van der Waals surface area contributed by atoms with Crippen LogP contribution in [0.1, 0.15) is 29.8 Å². The average molecular weight is 272 g/mol. The number of benzene rings is 1. The Morgan fingerprint density at radius 3 is 2.55 bits per heavy atom. The third-order valence-corrected chi connectivity index (χ3v) is 3.63. The number of aromatic nitrogens is 1. The molecule has 2 rings (SSSR count). The maximum absolute atomic E-state index is 8.76. The molecule has 0 aliphatic heterocycles. The van der Waals surface area contributed by atoms with Crippen LogP contribution in [0.15, 0.2) is 36.4 Å². The molecule has 3 nitrogen and oxygen atoms in total. The van der Waals surface area contributed by atoms with E-state index in [0.29, 0.717) is 0 Å². The van der Waals surface area contributed by atoms with Gasteiger partial charge in [0.05, 0.1) is 0 Å². The third-order valence-electron chi connectivity index (χ3n) is 3.63. The number of rotatable bonds is 7. The number of aliphatic hydroxyl groups excluding tert-OH is 1. The van der Waals surface area contributed by atoms with E-state index < -0.39 is 0 Å². The van der Waals surface area contributed by atoms with Crippen molar-refractivity contribution in [1.82, 2.24) is 9.88 Å². The number of hydrogen-bond donors (Lipinski definition) is 2. The Balaban J connectivity index is 2.06. The lowest BCUT2D eigenvalue weighted by Gasteiger charge is -2.10. The van der Waals surface area contributed by atoms with Crippen molar-refractivity contribution in [3.8, 4) is 5.69 Å². The zero-order chi connectivity index (χ0) is 14.4. The number of unbranched alkanes of at least 4 members (excludes halogenated alkanes) is 1. The van der Waals surface area contributed by atoms with Crippen LogP contribution in [0.25, 0.3) is 5.69 Å². The molecule has 0 saturated carbocycles. The summed E-state index contributed by atoms with van der Waals surface area (Å²) in [6.07, 6.45) is 1.89. The van der Waals surface area contributed by atoms with Gasteiger partial charge in [0, 0.05) is 30.2 Å². The Morgan fingerprint density at radius 2 is 1.85 bits per heavy atom. The molecule has 108 valence electrons. The topological polar surface area (TPSA) is 37.2 Å². The molecule has 0 atom stereocenters. The Bertz CT molecular complexity index is 531. The van der Waals surface area contributed by atoms with Gasteiger partial charge in [-0.2, -0.15) is 0 Å². The summed E-state index contributed by atoms with van der Waals surface area (Å²) in [5.74, 6) is 0. The van der Waals surface area contributed by atoms with Gasteiger partial charge in [-0.25, -0.2) is 0 Å². The molecule has 1 heterocycles. The van der Waals surface area contributed by atoms with E-state index in [9.17, 15) is 0 Å². The summed E-state index contributed by atoms with van der Waals surface area (Å²) in [5.41, 5.74) is 5.12. The van der Waals surface area contributed by atoms with Crippen molar-refractivity contribution in [2.75, 3.05) is 13.2 Å². The summed E-state index contributed by atoms with van der Waals surface area (Å²) in [6, 6.07) is 12.7. The summed E-state index contributed by atoms with van der Waals surface area (Å²) in [6.45, 7) is 6.44. The molecule has 0 radical (unpaired) electrons. The number of aryl methyl sites for hydroxylation is 1. The van der Waals surface area contributed by atoms with Gasteiger partial charge in [0.25, 0.3) is 0 Å². The molecule has 2 N–H and O–H groups in total. The number of nitrogens with zero attached hydrogens (tertiary/aromatic N) is 1. The van der Waals surface area contributed by atoms with E-state index in [1.807, 2.05) is 6.07 Å². The molecule has 0 bridgehead atoms. The number of nitrogens with one attached hydrogen (secondary N) is 1. The van der Waals surface area contributed by atoms with Crippen LogP contribution in [-0.2, 0) is 6.54 Å². The van der Waals surface area contributed by atoms with Crippen LogP contribution < -0.4 is 5.32 Å². The second-order valence-electron chi connectivity index (χ2n) is 5.17. The van der Waals surface area contributed by atoms with Crippen LogP contribution in [0.5, 0.6) is 0 Å². The minimum absolute atomic E-state index is 0.282. The SMILES string of the molecule is Cc1cc(CNCCCCO)c(C)n1-c1ccccc1. The number of aliphatic hydroxyl groups is 1. The minimum Gasteiger partial charge on any atom is -0.396 e. The summed E-state index contributed by atoms with van der Waals surface area (Å²) >= 11 is 0. The summed E-state index contributed by atoms with van der Waals surface area (Å²) in [5, 5.41) is 12.2. The molecule has 2 aromatic rings. The Morgan fingerprint density at radius 1 is 1.10 bits per heavy atom. The van der Waals surface area contributed by atoms with Crippen molar-refractivity contribution in [2.24, 2.45) is 0 Å². The zero-order valence-electron chi connectivity index (χ0n) is 12.4. The van der Waals surface area contributed by atoms with Gasteiger partial charge in [0.15, 0.2) is 0 Å². The van der Waals surface area contributed by atoms with Crippen LogP contribution in [0.2, 0.25) is 0 Å². The van der Waals surface area contributed by atoms with Crippen LogP contribution in [0.4, 0.5) is 0 Å². The lowest BCUT2D eigenvalue weighted by atomic mass is 10.2. The molecule has 0 unspecified atom stereocenters. The molecule has 20 heavy (non-hydrogen) atoms. The lowest BCUT2D eigenvalue weighted by Crippen LogP contribution is -2.15. The predicted octanol–water partition coefficient (Wildman–Crippen LogP) is 2.96. The van der Waals surface area contributed by atoms with E-state index in [0.717, 1.165) is 25.9 Å². The van der Waals surface area contributed by atoms with Crippen molar-refractivity contribution in [3.05, 3.63) is 53.3 Å². The highest BCUT2D eigenvalue weighted by atomic mass is 16.2. The van der Waals surface area contributed by atoms with Crippen LogP contribution in [-0.4, -0.2) is 22.8 Å². The van der Waals surface area contributed by atoms with Crippen LogP contribution >= 0.6 is 0 Å². The minimum atomic E-state index is 0.282. The number of hydrogen-bond acceptors (Lipinski definition) is 2. The molecule has 0 amide bonds. The van der Waals surface area contributed by atoms with E-state index >= 15 is 0 Å². The van der Waals surface area contributed by atoms with E-state index in [-0.39, 0.29) is 6.61 Å². The smallest absolute Gasteiger partial charge is 0.0455 e. The lowest BCUT2D eigenvalue weighted by molar-refractivity contribution is 0.283. The quantitative estimate of drug-likeness (QED) is 0.760. The monoisotopic (exact) mass is 272 g/mol. The second kappa shape index (κ2) is 7.27. The van der Waals surface area contributed by atoms with Gasteiger partial charge in [-0.05, 0) is 57.0 Å². The molecule has 1 aromatic carbocycles. The summed E-state index contributed by atoms with van der Waals surface area (Å²) in [7, 11) is 0. The fourth-order valence-electron chi connectivity index (χ4n) is 2.57. The predicted molar refractivity (Wildman–Crippen MR) is 83.3 cm³/mol. The van der Waals surface area contributed by atoms with E-state index in [4.69, 9.17) is 5.11 Å². The van der Waals surface area contributed by atoms with Gasteiger partial charge in [-0.1, -0.05) is 18.2 Å². The van der Waals surface area contributed by atoms with Gasteiger partial charge in [-0.15, -0.1) is 0 Å². The van der Waals surface area contributed by atoms with Crippen LogP contribution in [0.3, 0.4) is 0 Å². The molecule has 0 aliphatic carbocycles. The summed E-state index contributed by atoms with van der Waals surface area (Å²) < 4.78 is 2.30. The Kier molecular flexibility index (Phi) is 5.39. The largest absolute Gasteiger partial charge is 0.396 e. The first-order valence-electron chi connectivity index (χ1n) is 7.29. The first-order chi connectivity index (χ1) is 9.74. The molecule has 1 aromatic heterocycles. The van der Waals surface area contributed by atoms with Gasteiger partial charge >= 0.3 is 0 Å².